The molecule has 30 heavy (non-hydrogen) atoms. The third kappa shape index (κ3) is 4.99. The summed E-state index contributed by atoms with van der Waals surface area (Å²) in [7, 11) is 0. The van der Waals surface area contributed by atoms with Crippen LogP contribution in [0.3, 0.4) is 0 Å². The first-order valence-electron chi connectivity index (χ1n) is 9.27. The molecule has 1 heterocycles. The lowest BCUT2D eigenvalue weighted by atomic mass is 10.1. The molecular weight excluding hydrogens is 391 g/mol. The van der Waals surface area contributed by atoms with Gasteiger partial charge < -0.3 is 15.2 Å². The molecule has 0 saturated heterocycles. The average molecular weight is 412 g/mol. The van der Waals surface area contributed by atoms with Crippen molar-refractivity contribution in [1.82, 2.24) is 20.3 Å². The minimum atomic E-state index is -1.01. The summed E-state index contributed by atoms with van der Waals surface area (Å²) in [6, 6.07) is 11.7. The number of halogens is 1. The summed E-state index contributed by atoms with van der Waals surface area (Å²) in [5.74, 6) is -1.19. The zero-order valence-corrected chi connectivity index (χ0v) is 16.5. The lowest BCUT2D eigenvalue weighted by Gasteiger charge is -2.14. The number of carbonyl (C=O) groups is 2. The maximum Gasteiger partial charge on any atom is 0.335 e. The van der Waals surface area contributed by atoms with Crippen molar-refractivity contribution < 1.29 is 23.8 Å². The van der Waals surface area contributed by atoms with Gasteiger partial charge in [-0.2, -0.15) is 0 Å². The van der Waals surface area contributed by atoms with Gasteiger partial charge in [0, 0.05) is 0 Å². The van der Waals surface area contributed by atoms with Crippen molar-refractivity contribution in [2.45, 2.75) is 26.4 Å². The second-order valence-electron chi connectivity index (χ2n) is 6.67. The summed E-state index contributed by atoms with van der Waals surface area (Å²) in [6.45, 7) is 4.18. The first-order valence-corrected chi connectivity index (χ1v) is 9.27. The molecule has 3 aromatic rings. The molecule has 0 aliphatic rings. The Bertz CT molecular complexity index is 1030. The van der Waals surface area contributed by atoms with Gasteiger partial charge in [0.15, 0.2) is 5.69 Å². The topological polar surface area (TPSA) is 106 Å². The van der Waals surface area contributed by atoms with E-state index in [2.05, 4.69) is 15.6 Å². The van der Waals surface area contributed by atoms with Gasteiger partial charge in [0.1, 0.15) is 18.2 Å². The number of hydrogen-bond acceptors (Lipinski definition) is 5. The second-order valence-corrected chi connectivity index (χ2v) is 6.67. The molecule has 0 bridgehead atoms. The van der Waals surface area contributed by atoms with Crippen LogP contribution >= 0.6 is 0 Å². The fraction of sp³-hybridized carbons (Fsp3) is 0.238. The van der Waals surface area contributed by atoms with Crippen LogP contribution in [0.4, 0.5) is 4.39 Å². The van der Waals surface area contributed by atoms with E-state index in [9.17, 15) is 14.0 Å². The summed E-state index contributed by atoms with van der Waals surface area (Å²) in [4.78, 5) is 23.5. The third-order valence-electron chi connectivity index (χ3n) is 4.59. The number of amides is 1. The van der Waals surface area contributed by atoms with Gasteiger partial charge in [-0.15, -0.1) is 5.10 Å². The zero-order chi connectivity index (χ0) is 21.7. The van der Waals surface area contributed by atoms with Crippen LogP contribution in [-0.2, 0) is 6.54 Å². The molecule has 0 aliphatic carbocycles. The summed E-state index contributed by atoms with van der Waals surface area (Å²) < 4.78 is 20.0. The molecule has 0 saturated carbocycles. The van der Waals surface area contributed by atoms with Gasteiger partial charge in [0.05, 0.1) is 23.8 Å². The molecule has 0 radical (unpaired) electrons. The summed E-state index contributed by atoms with van der Waals surface area (Å²) in [5.41, 5.74) is 1.74. The smallest absolute Gasteiger partial charge is 0.335 e. The fourth-order valence-electron chi connectivity index (χ4n) is 2.83. The van der Waals surface area contributed by atoms with Crippen molar-refractivity contribution in [3.63, 3.8) is 0 Å². The highest BCUT2D eigenvalue weighted by molar-refractivity contribution is 5.93. The van der Waals surface area contributed by atoms with Crippen molar-refractivity contribution in [1.29, 1.82) is 0 Å². The Morgan fingerprint density at radius 3 is 2.47 bits per heavy atom. The molecule has 9 heteroatoms. The Morgan fingerprint density at radius 2 is 1.83 bits per heavy atom. The van der Waals surface area contributed by atoms with Crippen molar-refractivity contribution in [3.05, 3.63) is 76.9 Å². The maximum atomic E-state index is 12.9. The first-order chi connectivity index (χ1) is 14.3. The predicted molar refractivity (Wildman–Crippen MR) is 106 cm³/mol. The van der Waals surface area contributed by atoms with Crippen LogP contribution in [0.15, 0.2) is 48.5 Å². The SMILES string of the molecule is Cc1c(C(=O)NC(C)c2ccc(C(=O)O)cc2)nnn1CCOc1ccc(F)cc1. The fourth-order valence-corrected chi connectivity index (χ4v) is 2.83. The van der Waals surface area contributed by atoms with Gasteiger partial charge in [-0.3, -0.25) is 4.79 Å². The van der Waals surface area contributed by atoms with E-state index in [0.717, 1.165) is 5.56 Å². The highest BCUT2D eigenvalue weighted by Crippen LogP contribution is 2.15. The number of carboxylic acids is 1. The van der Waals surface area contributed by atoms with Crippen molar-refractivity contribution in [3.8, 4) is 5.75 Å². The number of benzene rings is 2. The normalized spacial score (nSPS) is 11.7. The minimum absolute atomic E-state index is 0.180. The number of carbonyl (C=O) groups excluding carboxylic acids is 1. The summed E-state index contributed by atoms with van der Waals surface area (Å²) >= 11 is 0. The van der Waals surface area contributed by atoms with Gasteiger partial charge >= 0.3 is 5.97 Å². The Morgan fingerprint density at radius 1 is 1.17 bits per heavy atom. The lowest BCUT2D eigenvalue weighted by molar-refractivity contribution is 0.0696. The molecule has 1 unspecified atom stereocenters. The molecule has 8 nitrogen and oxygen atoms in total. The molecule has 3 rings (SSSR count). The van der Waals surface area contributed by atoms with Gasteiger partial charge in [-0.05, 0) is 55.8 Å². The monoisotopic (exact) mass is 412 g/mol. The Kier molecular flexibility index (Phi) is 6.41. The van der Waals surface area contributed by atoms with Crippen molar-refractivity contribution in [2.75, 3.05) is 6.61 Å². The number of carboxylic acid groups (broad SMARTS) is 1. The van der Waals surface area contributed by atoms with Crippen molar-refractivity contribution in [2.24, 2.45) is 0 Å². The van der Waals surface area contributed by atoms with E-state index in [1.54, 1.807) is 30.7 Å². The van der Waals surface area contributed by atoms with Crippen molar-refractivity contribution >= 4 is 11.9 Å². The van der Waals surface area contributed by atoms with Crippen LogP contribution < -0.4 is 10.1 Å². The third-order valence-corrected chi connectivity index (χ3v) is 4.59. The van der Waals surface area contributed by atoms with E-state index in [1.807, 2.05) is 0 Å². The minimum Gasteiger partial charge on any atom is -0.492 e. The highest BCUT2D eigenvalue weighted by Gasteiger charge is 2.19. The number of hydrogen-bond donors (Lipinski definition) is 2. The van der Waals surface area contributed by atoms with E-state index >= 15 is 0 Å². The number of nitrogens with one attached hydrogen (secondary N) is 1. The van der Waals surface area contributed by atoms with Gasteiger partial charge in [0.25, 0.3) is 5.91 Å². The Balaban J connectivity index is 1.57. The molecule has 2 aromatic carbocycles. The quantitative estimate of drug-likeness (QED) is 0.589. The molecular formula is C21H21FN4O4. The van der Waals surface area contributed by atoms with Crippen LogP contribution in [0, 0.1) is 12.7 Å². The summed E-state index contributed by atoms with van der Waals surface area (Å²) in [6.07, 6.45) is 0. The van der Waals surface area contributed by atoms with Gasteiger partial charge in [0.2, 0.25) is 0 Å². The Hall–Kier alpha value is -3.75. The van der Waals surface area contributed by atoms with Crippen LogP contribution in [0.2, 0.25) is 0 Å². The molecule has 2 N–H and O–H groups in total. The number of rotatable bonds is 8. The number of aromatic carboxylic acids is 1. The Labute approximate surface area is 172 Å². The van der Waals surface area contributed by atoms with Crippen LogP contribution in [-0.4, -0.2) is 38.6 Å². The molecule has 0 aliphatic heterocycles. The van der Waals surface area contributed by atoms with Gasteiger partial charge in [-0.25, -0.2) is 13.9 Å². The lowest BCUT2D eigenvalue weighted by Crippen LogP contribution is -2.27. The maximum absolute atomic E-state index is 12.9. The number of ether oxygens (including phenoxy) is 1. The van der Waals surface area contributed by atoms with Crippen LogP contribution in [0.25, 0.3) is 0 Å². The molecule has 156 valence electrons. The summed E-state index contributed by atoms with van der Waals surface area (Å²) in [5, 5.41) is 19.7. The standard InChI is InChI=1S/C21H21FN4O4/c1-13(15-3-5-16(6-4-15)21(28)29)23-20(27)19-14(2)26(25-24-19)11-12-30-18-9-7-17(22)8-10-18/h3-10,13H,11-12H2,1-2H3,(H,23,27)(H,28,29). The van der Waals surface area contributed by atoms with Crippen LogP contribution in [0.1, 0.15) is 45.1 Å². The van der Waals surface area contributed by atoms with E-state index in [-0.39, 0.29) is 35.6 Å². The van der Waals surface area contributed by atoms with E-state index in [0.29, 0.717) is 18.0 Å². The predicted octanol–water partition coefficient (Wildman–Crippen LogP) is 2.99. The number of aromatic nitrogens is 3. The van der Waals surface area contributed by atoms with Gasteiger partial charge in [-0.1, -0.05) is 17.3 Å². The van der Waals surface area contributed by atoms with Crippen LogP contribution in [0.5, 0.6) is 5.75 Å². The molecule has 1 atom stereocenters. The largest absolute Gasteiger partial charge is 0.492 e. The molecule has 1 amide bonds. The first kappa shape index (κ1) is 21.0. The zero-order valence-electron chi connectivity index (χ0n) is 16.5. The highest BCUT2D eigenvalue weighted by atomic mass is 19.1. The molecule has 0 spiro atoms. The van der Waals surface area contributed by atoms with E-state index in [1.165, 1.54) is 36.4 Å². The molecule has 0 fully saturated rings. The second kappa shape index (κ2) is 9.17. The number of nitrogens with zero attached hydrogens (tertiary/aromatic N) is 3. The van der Waals surface area contributed by atoms with E-state index in [4.69, 9.17) is 9.84 Å². The average Bonchev–Trinajstić information content (AvgIpc) is 3.10. The van der Waals surface area contributed by atoms with E-state index < -0.39 is 5.97 Å². The molecule has 1 aromatic heterocycles.